The van der Waals surface area contributed by atoms with Crippen LogP contribution >= 0.6 is 0 Å². The summed E-state index contributed by atoms with van der Waals surface area (Å²) in [6, 6.07) is 0. The molecule has 1 amide bonds. The Morgan fingerprint density at radius 2 is 2.20 bits per heavy atom. The quantitative estimate of drug-likeness (QED) is 0.480. The molecule has 5 nitrogen and oxygen atoms in total. The highest BCUT2D eigenvalue weighted by molar-refractivity contribution is 5.78. The predicted molar refractivity (Wildman–Crippen MR) is 58.7 cm³/mol. The first-order valence-electron chi connectivity index (χ1n) is 5.19. The molecule has 0 aromatic carbocycles. The molecule has 1 unspecified atom stereocenters. The zero-order chi connectivity index (χ0) is 11.7. The second-order valence-electron chi connectivity index (χ2n) is 3.77. The van der Waals surface area contributed by atoms with Crippen molar-refractivity contribution in [2.45, 2.75) is 25.8 Å². The smallest absolute Gasteiger partial charge is 0.234 e. The lowest BCUT2D eigenvalue weighted by Gasteiger charge is -2.26. The Kier molecular flexibility index (Phi) is 7.29. The molecule has 0 aliphatic rings. The maximum atomic E-state index is 11.3. The Morgan fingerprint density at radius 1 is 1.53 bits per heavy atom. The van der Waals surface area contributed by atoms with Crippen LogP contribution in [-0.2, 0) is 9.53 Å². The maximum Gasteiger partial charge on any atom is 0.234 e. The number of hydrogen-bond acceptors (Lipinski definition) is 4. The summed E-state index contributed by atoms with van der Waals surface area (Å²) in [7, 11) is 1.59. The molecule has 0 saturated heterocycles. The Bertz CT molecular complexity index is 182. The summed E-state index contributed by atoms with van der Waals surface area (Å²) in [4.78, 5) is 11.3. The zero-order valence-electron chi connectivity index (χ0n) is 9.80. The van der Waals surface area contributed by atoms with Crippen molar-refractivity contribution in [1.82, 2.24) is 10.6 Å². The van der Waals surface area contributed by atoms with Gasteiger partial charge in [0, 0.05) is 19.2 Å². The van der Waals surface area contributed by atoms with Crippen molar-refractivity contribution in [3.63, 3.8) is 0 Å². The van der Waals surface area contributed by atoms with E-state index < -0.39 is 0 Å². The molecule has 0 fully saturated rings. The average molecular weight is 218 g/mol. The van der Waals surface area contributed by atoms with Crippen molar-refractivity contribution in [1.29, 1.82) is 0 Å². The number of carbonyl (C=O) groups excluding carboxylic acids is 1. The van der Waals surface area contributed by atoms with Crippen LogP contribution in [0.4, 0.5) is 0 Å². The summed E-state index contributed by atoms with van der Waals surface area (Å²) < 4.78 is 4.80. The van der Waals surface area contributed by atoms with E-state index in [1.54, 1.807) is 7.11 Å². The highest BCUT2D eigenvalue weighted by Gasteiger charge is 2.20. The fourth-order valence-corrected chi connectivity index (χ4v) is 0.941. The van der Waals surface area contributed by atoms with E-state index in [0.29, 0.717) is 13.2 Å². The minimum atomic E-state index is -0.376. The van der Waals surface area contributed by atoms with Gasteiger partial charge in [0.1, 0.15) is 0 Å². The number of amides is 1. The SMILES string of the molecule is CCC(C)(CO)NCC(=O)NCCOC. The minimum Gasteiger partial charge on any atom is -0.394 e. The third-order valence-corrected chi connectivity index (χ3v) is 2.43. The lowest BCUT2D eigenvalue weighted by molar-refractivity contribution is -0.120. The summed E-state index contributed by atoms with van der Waals surface area (Å²) >= 11 is 0. The largest absolute Gasteiger partial charge is 0.394 e. The standard InChI is InChI=1S/C10H22N2O3/c1-4-10(2,8-13)12-7-9(14)11-5-6-15-3/h12-13H,4-8H2,1-3H3,(H,11,14). The Morgan fingerprint density at radius 3 is 2.67 bits per heavy atom. The van der Waals surface area contributed by atoms with Gasteiger partial charge < -0.3 is 20.5 Å². The van der Waals surface area contributed by atoms with E-state index in [0.717, 1.165) is 6.42 Å². The van der Waals surface area contributed by atoms with Crippen molar-refractivity contribution in [3.8, 4) is 0 Å². The van der Waals surface area contributed by atoms with Gasteiger partial charge in [0.2, 0.25) is 5.91 Å². The number of aliphatic hydroxyl groups excluding tert-OH is 1. The normalized spacial score (nSPS) is 14.7. The van der Waals surface area contributed by atoms with Crippen LogP contribution in [0.15, 0.2) is 0 Å². The Balaban J connectivity index is 3.69. The second-order valence-corrected chi connectivity index (χ2v) is 3.77. The van der Waals surface area contributed by atoms with Gasteiger partial charge in [-0.05, 0) is 13.3 Å². The molecular formula is C10H22N2O3. The predicted octanol–water partition coefficient (Wildman–Crippen LogP) is -0.500. The fraction of sp³-hybridized carbons (Fsp3) is 0.900. The summed E-state index contributed by atoms with van der Waals surface area (Å²) in [6.07, 6.45) is 0.773. The van der Waals surface area contributed by atoms with E-state index in [-0.39, 0.29) is 24.6 Å². The van der Waals surface area contributed by atoms with E-state index in [2.05, 4.69) is 10.6 Å². The lowest BCUT2D eigenvalue weighted by Crippen LogP contribution is -2.49. The van der Waals surface area contributed by atoms with E-state index in [4.69, 9.17) is 9.84 Å². The molecule has 5 heteroatoms. The number of ether oxygens (including phenoxy) is 1. The number of aliphatic hydroxyl groups is 1. The number of hydrogen-bond donors (Lipinski definition) is 3. The lowest BCUT2D eigenvalue weighted by atomic mass is 10.0. The van der Waals surface area contributed by atoms with Crippen molar-refractivity contribution in [2.24, 2.45) is 0 Å². The van der Waals surface area contributed by atoms with Gasteiger partial charge in [0.05, 0.1) is 19.8 Å². The topological polar surface area (TPSA) is 70.6 Å². The van der Waals surface area contributed by atoms with Crippen LogP contribution in [0.3, 0.4) is 0 Å². The first-order valence-corrected chi connectivity index (χ1v) is 5.19. The fourth-order valence-electron chi connectivity index (χ4n) is 0.941. The first-order chi connectivity index (χ1) is 7.08. The molecule has 0 spiro atoms. The van der Waals surface area contributed by atoms with Gasteiger partial charge in [-0.25, -0.2) is 0 Å². The molecule has 1 atom stereocenters. The third-order valence-electron chi connectivity index (χ3n) is 2.43. The van der Waals surface area contributed by atoms with Crippen LogP contribution in [0.5, 0.6) is 0 Å². The van der Waals surface area contributed by atoms with Gasteiger partial charge in [-0.3, -0.25) is 4.79 Å². The number of nitrogens with one attached hydrogen (secondary N) is 2. The third kappa shape index (κ3) is 6.43. The minimum absolute atomic E-state index is 0.0227. The van der Waals surface area contributed by atoms with Gasteiger partial charge in [-0.1, -0.05) is 6.92 Å². The Hall–Kier alpha value is -0.650. The van der Waals surface area contributed by atoms with Gasteiger partial charge in [0.25, 0.3) is 0 Å². The van der Waals surface area contributed by atoms with Crippen LogP contribution in [0.25, 0.3) is 0 Å². The summed E-state index contributed by atoms with van der Waals surface area (Å²) in [5.41, 5.74) is -0.376. The summed E-state index contributed by atoms with van der Waals surface area (Å²) in [6.45, 7) is 5.11. The highest BCUT2D eigenvalue weighted by Crippen LogP contribution is 2.06. The number of rotatable bonds is 8. The monoisotopic (exact) mass is 218 g/mol. The molecule has 0 aromatic rings. The van der Waals surface area contributed by atoms with Crippen LogP contribution < -0.4 is 10.6 Å². The Labute approximate surface area is 91.2 Å². The van der Waals surface area contributed by atoms with Gasteiger partial charge in [-0.15, -0.1) is 0 Å². The van der Waals surface area contributed by atoms with E-state index in [9.17, 15) is 4.79 Å². The molecule has 0 aromatic heterocycles. The van der Waals surface area contributed by atoms with Crippen LogP contribution in [0.2, 0.25) is 0 Å². The van der Waals surface area contributed by atoms with Crippen molar-refractivity contribution < 1.29 is 14.6 Å². The van der Waals surface area contributed by atoms with Gasteiger partial charge in [0.15, 0.2) is 0 Å². The van der Waals surface area contributed by atoms with Gasteiger partial charge >= 0.3 is 0 Å². The van der Waals surface area contributed by atoms with Crippen LogP contribution in [-0.4, -0.2) is 50.0 Å². The van der Waals surface area contributed by atoms with Crippen molar-refractivity contribution in [2.75, 3.05) is 33.4 Å². The maximum absolute atomic E-state index is 11.3. The number of carbonyl (C=O) groups is 1. The molecule has 0 rings (SSSR count). The van der Waals surface area contributed by atoms with E-state index >= 15 is 0 Å². The van der Waals surface area contributed by atoms with Crippen LogP contribution in [0, 0.1) is 0 Å². The highest BCUT2D eigenvalue weighted by atomic mass is 16.5. The second kappa shape index (κ2) is 7.62. The van der Waals surface area contributed by atoms with Crippen molar-refractivity contribution in [3.05, 3.63) is 0 Å². The molecule has 0 aliphatic heterocycles. The molecular weight excluding hydrogens is 196 g/mol. The molecule has 0 saturated carbocycles. The molecule has 0 aliphatic carbocycles. The van der Waals surface area contributed by atoms with E-state index in [1.807, 2.05) is 13.8 Å². The zero-order valence-corrected chi connectivity index (χ0v) is 9.80. The molecule has 15 heavy (non-hydrogen) atoms. The van der Waals surface area contributed by atoms with Crippen molar-refractivity contribution >= 4 is 5.91 Å². The van der Waals surface area contributed by atoms with E-state index in [1.165, 1.54) is 0 Å². The summed E-state index contributed by atoms with van der Waals surface area (Å²) in [5, 5.41) is 14.8. The molecule has 90 valence electrons. The van der Waals surface area contributed by atoms with Gasteiger partial charge in [-0.2, -0.15) is 0 Å². The first kappa shape index (κ1) is 14.3. The molecule has 0 bridgehead atoms. The molecule has 0 heterocycles. The molecule has 3 N–H and O–H groups in total. The molecule has 0 radical (unpaired) electrons. The average Bonchev–Trinajstić information content (AvgIpc) is 2.26. The number of methoxy groups -OCH3 is 1. The summed E-state index contributed by atoms with van der Waals surface area (Å²) in [5.74, 6) is -0.0832. The van der Waals surface area contributed by atoms with Crippen LogP contribution in [0.1, 0.15) is 20.3 Å².